The van der Waals surface area contributed by atoms with E-state index in [4.69, 9.17) is 0 Å². The zero-order chi connectivity index (χ0) is 15.4. The van der Waals surface area contributed by atoms with Gasteiger partial charge in [0.1, 0.15) is 12.2 Å². The number of rotatable bonds is 5. The number of aryl methyl sites for hydroxylation is 1. The number of aromatic nitrogens is 3. The van der Waals surface area contributed by atoms with Crippen molar-refractivity contribution in [1.29, 1.82) is 0 Å². The smallest absolute Gasteiger partial charge is 0.136 e. The largest absolute Gasteiger partial charge is 0.320 e. The molecule has 1 aromatic carbocycles. The van der Waals surface area contributed by atoms with Crippen LogP contribution in [0.15, 0.2) is 36.7 Å². The molecular weight excluding hydrogens is 272 g/mol. The molecule has 0 unspecified atom stereocenters. The van der Waals surface area contributed by atoms with Crippen LogP contribution in [0.25, 0.3) is 0 Å². The SMILES string of the molecule is C[C@H](Cc1ccccc1)CN1CCC[C@@H](c2nncn2C)C1. The summed E-state index contributed by atoms with van der Waals surface area (Å²) in [6.07, 6.45) is 5.46. The lowest BCUT2D eigenvalue weighted by Crippen LogP contribution is -2.38. The minimum atomic E-state index is 0.533. The number of hydrogen-bond donors (Lipinski definition) is 0. The normalized spacial score (nSPS) is 20.9. The van der Waals surface area contributed by atoms with Gasteiger partial charge in [0.2, 0.25) is 0 Å². The standard InChI is InChI=1S/C18H26N4/c1-15(11-16-7-4-3-5-8-16)12-22-10-6-9-17(13-22)18-20-19-14-21(18)2/h3-5,7-8,14-15,17H,6,9-13H2,1-2H3/t15-,17-/m1/s1. The van der Waals surface area contributed by atoms with Crippen LogP contribution in [0.1, 0.15) is 37.1 Å². The van der Waals surface area contributed by atoms with Gasteiger partial charge in [-0.1, -0.05) is 37.3 Å². The van der Waals surface area contributed by atoms with Gasteiger partial charge in [-0.3, -0.25) is 0 Å². The molecule has 4 nitrogen and oxygen atoms in total. The maximum Gasteiger partial charge on any atom is 0.136 e. The molecule has 2 aromatic rings. The van der Waals surface area contributed by atoms with E-state index >= 15 is 0 Å². The summed E-state index contributed by atoms with van der Waals surface area (Å²) < 4.78 is 2.07. The molecular formula is C18H26N4. The third-order valence-corrected chi connectivity index (χ3v) is 4.61. The van der Waals surface area contributed by atoms with E-state index in [2.05, 4.69) is 56.9 Å². The number of nitrogens with zero attached hydrogens (tertiary/aromatic N) is 4. The van der Waals surface area contributed by atoms with Gasteiger partial charge >= 0.3 is 0 Å². The fraction of sp³-hybridized carbons (Fsp3) is 0.556. The molecule has 1 aliphatic rings. The van der Waals surface area contributed by atoms with Crippen molar-refractivity contribution in [2.24, 2.45) is 13.0 Å². The van der Waals surface area contributed by atoms with Gasteiger partial charge in [0.15, 0.2) is 0 Å². The molecule has 2 heterocycles. The lowest BCUT2D eigenvalue weighted by molar-refractivity contribution is 0.179. The first kappa shape index (κ1) is 15.2. The maximum atomic E-state index is 4.31. The molecule has 3 rings (SSSR count). The maximum absolute atomic E-state index is 4.31. The Kier molecular flexibility index (Phi) is 4.88. The fourth-order valence-corrected chi connectivity index (χ4v) is 3.62. The zero-order valence-electron chi connectivity index (χ0n) is 13.7. The highest BCUT2D eigenvalue weighted by molar-refractivity contribution is 5.15. The molecule has 4 heteroatoms. The molecule has 0 radical (unpaired) electrons. The first-order chi connectivity index (χ1) is 10.7. The molecule has 0 bridgehead atoms. The van der Waals surface area contributed by atoms with Gasteiger partial charge in [0.05, 0.1) is 0 Å². The number of piperidine rings is 1. The van der Waals surface area contributed by atoms with E-state index in [9.17, 15) is 0 Å². The topological polar surface area (TPSA) is 34.0 Å². The minimum Gasteiger partial charge on any atom is -0.320 e. The Labute approximate surface area is 133 Å². The van der Waals surface area contributed by atoms with Crippen LogP contribution < -0.4 is 0 Å². The van der Waals surface area contributed by atoms with Crippen molar-refractivity contribution in [3.8, 4) is 0 Å². The quantitative estimate of drug-likeness (QED) is 0.851. The first-order valence-electron chi connectivity index (χ1n) is 8.32. The van der Waals surface area contributed by atoms with E-state index in [1.165, 1.54) is 31.5 Å². The van der Waals surface area contributed by atoms with Crippen LogP contribution >= 0.6 is 0 Å². The molecule has 0 amide bonds. The van der Waals surface area contributed by atoms with Crippen LogP contribution in [0.4, 0.5) is 0 Å². The lowest BCUT2D eigenvalue weighted by Gasteiger charge is -2.33. The van der Waals surface area contributed by atoms with Crippen LogP contribution in [0.3, 0.4) is 0 Å². The van der Waals surface area contributed by atoms with Crippen LogP contribution in [-0.4, -0.2) is 39.3 Å². The second-order valence-electron chi connectivity index (χ2n) is 6.69. The molecule has 1 saturated heterocycles. The summed E-state index contributed by atoms with van der Waals surface area (Å²) in [5.41, 5.74) is 1.44. The summed E-state index contributed by atoms with van der Waals surface area (Å²) in [4.78, 5) is 2.61. The number of hydrogen-bond acceptors (Lipinski definition) is 3. The van der Waals surface area contributed by atoms with Crippen molar-refractivity contribution in [3.63, 3.8) is 0 Å². The summed E-state index contributed by atoms with van der Waals surface area (Å²) >= 11 is 0. The van der Waals surface area contributed by atoms with Gasteiger partial charge in [0, 0.05) is 26.1 Å². The molecule has 1 fully saturated rings. The second kappa shape index (κ2) is 7.05. The highest BCUT2D eigenvalue weighted by Gasteiger charge is 2.25. The van der Waals surface area contributed by atoms with Gasteiger partial charge in [-0.15, -0.1) is 10.2 Å². The van der Waals surface area contributed by atoms with E-state index in [0.717, 1.165) is 18.8 Å². The Balaban J connectivity index is 1.55. The Morgan fingerprint density at radius 1 is 1.27 bits per heavy atom. The predicted octanol–water partition coefficient (Wildman–Crippen LogP) is 2.87. The second-order valence-corrected chi connectivity index (χ2v) is 6.69. The fourth-order valence-electron chi connectivity index (χ4n) is 3.62. The van der Waals surface area contributed by atoms with E-state index in [1.54, 1.807) is 0 Å². The van der Waals surface area contributed by atoms with E-state index in [0.29, 0.717) is 11.8 Å². The van der Waals surface area contributed by atoms with Gasteiger partial charge in [-0.05, 0) is 37.3 Å². The van der Waals surface area contributed by atoms with E-state index in [1.807, 2.05) is 13.4 Å². The van der Waals surface area contributed by atoms with Crippen LogP contribution in [0, 0.1) is 5.92 Å². The van der Waals surface area contributed by atoms with Gasteiger partial charge in [-0.2, -0.15) is 0 Å². The Morgan fingerprint density at radius 3 is 2.82 bits per heavy atom. The number of likely N-dealkylation sites (tertiary alicyclic amines) is 1. The first-order valence-corrected chi connectivity index (χ1v) is 8.32. The van der Waals surface area contributed by atoms with E-state index in [-0.39, 0.29) is 0 Å². The summed E-state index contributed by atoms with van der Waals surface area (Å²) in [7, 11) is 2.05. The summed E-state index contributed by atoms with van der Waals surface area (Å²) in [6, 6.07) is 10.8. The zero-order valence-corrected chi connectivity index (χ0v) is 13.7. The molecule has 2 atom stereocenters. The van der Waals surface area contributed by atoms with Crippen molar-refractivity contribution in [3.05, 3.63) is 48.0 Å². The van der Waals surface area contributed by atoms with Crippen molar-refractivity contribution in [1.82, 2.24) is 19.7 Å². The van der Waals surface area contributed by atoms with Crippen molar-refractivity contribution in [2.75, 3.05) is 19.6 Å². The van der Waals surface area contributed by atoms with Gasteiger partial charge in [0.25, 0.3) is 0 Å². The molecule has 0 saturated carbocycles. The van der Waals surface area contributed by atoms with Crippen molar-refractivity contribution < 1.29 is 0 Å². The van der Waals surface area contributed by atoms with Gasteiger partial charge in [-0.25, -0.2) is 0 Å². The average Bonchev–Trinajstić information content (AvgIpc) is 2.94. The lowest BCUT2D eigenvalue weighted by atomic mass is 9.95. The number of benzene rings is 1. The average molecular weight is 298 g/mol. The van der Waals surface area contributed by atoms with Crippen molar-refractivity contribution >= 4 is 0 Å². The van der Waals surface area contributed by atoms with Crippen molar-refractivity contribution in [2.45, 2.75) is 32.1 Å². The molecule has 1 aliphatic heterocycles. The predicted molar refractivity (Wildman–Crippen MR) is 88.7 cm³/mol. The van der Waals surface area contributed by atoms with Crippen LogP contribution in [-0.2, 0) is 13.5 Å². The van der Waals surface area contributed by atoms with E-state index < -0.39 is 0 Å². The Bertz CT molecular complexity index is 578. The van der Waals surface area contributed by atoms with Gasteiger partial charge < -0.3 is 9.47 Å². The molecule has 0 aliphatic carbocycles. The molecule has 22 heavy (non-hydrogen) atoms. The summed E-state index contributed by atoms with van der Waals surface area (Å²) in [5.74, 6) is 2.35. The Hall–Kier alpha value is -1.68. The minimum absolute atomic E-state index is 0.533. The third-order valence-electron chi connectivity index (χ3n) is 4.61. The molecule has 0 N–H and O–H groups in total. The molecule has 118 valence electrons. The summed E-state index contributed by atoms with van der Waals surface area (Å²) in [6.45, 7) is 5.86. The molecule has 0 spiro atoms. The monoisotopic (exact) mass is 298 g/mol. The summed E-state index contributed by atoms with van der Waals surface area (Å²) in [5, 5.41) is 8.34. The third kappa shape index (κ3) is 3.74. The molecule has 1 aromatic heterocycles. The highest BCUT2D eigenvalue weighted by atomic mass is 15.3. The van der Waals surface area contributed by atoms with Crippen LogP contribution in [0.5, 0.6) is 0 Å². The Morgan fingerprint density at radius 2 is 2.09 bits per heavy atom. The highest BCUT2D eigenvalue weighted by Crippen LogP contribution is 2.25. The van der Waals surface area contributed by atoms with Crippen LogP contribution in [0.2, 0.25) is 0 Å².